The van der Waals surface area contributed by atoms with E-state index in [1.165, 1.54) is 0 Å². The first-order valence-electron chi connectivity index (χ1n) is 6.41. The molecule has 0 saturated carbocycles. The average molecular weight is 271 g/mol. The second-order valence-electron chi connectivity index (χ2n) is 5.81. The Labute approximate surface area is 116 Å². The van der Waals surface area contributed by atoms with Crippen LogP contribution in [0.3, 0.4) is 0 Å². The molecule has 0 aliphatic heterocycles. The molecule has 0 bridgehead atoms. The summed E-state index contributed by atoms with van der Waals surface area (Å²) in [6, 6.07) is 5.63. The molecule has 0 saturated heterocycles. The van der Waals surface area contributed by atoms with Crippen LogP contribution in [0.25, 0.3) is 16.7 Å². The van der Waals surface area contributed by atoms with Gasteiger partial charge in [0.1, 0.15) is 0 Å². The monoisotopic (exact) mass is 271 g/mol. The quantitative estimate of drug-likeness (QED) is 0.686. The minimum Gasteiger partial charge on any atom is -0.492 e. The van der Waals surface area contributed by atoms with Crippen molar-refractivity contribution < 1.29 is 4.74 Å². The van der Waals surface area contributed by atoms with Crippen molar-refractivity contribution in [3.8, 4) is 5.75 Å². The zero-order valence-electron chi connectivity index (χ0n) is 12.0. The molecule has 0 amide bonds. The molecule has 3 rings (SSSR count). The number of benzene rings is 1. The summed E-state index contributed by atoms with van der Waals surface area (Å²) in [5.41, 5.74) is 9.52. The maximum atomic E-state index is 5.89. The van der Waals surface area contributed by atoms with Gasteiger partial charge < -0.3 is 10.5 Å². The van der Waals surface area contributed by atoms with Crippen LogP contribution < -0.4 is 10.5 Å². The van der Waals surface area contributed by atoms with Crippen LogP contribution >= 0.6 is 0 Å². The molecular formula is C14H17N5O. The van der Waals surface area contributed by atoms with Crippen LogP contribution in [0, 0.1) is 0 Å². The van der Waals surface area contributed by atoms with Crippen LogP contribution in [-0.4, -0.2) is 26.9 Å². The number of hydrogen-bond acceptors (Lipinski definition) is 5. The van der Waals surface area contributed by atoms with E-state index in [1.807, 2.05) is 12.1 Å². The first-order chi connectivity index (χ1) is 9.41. The highest BCUT2D eigenvalue weighted by Crippen LogP contribution is 2.30. The van der Waals surface area contributed by atoms with E-state index in [4.69, 9.17) is 10.5 Å². The van der Waals surface area contributed by atoms with E-state index in [9.17, 15) is 0 Å². The van der Waals surface area contributed by atoms with Crippen molar-refractivity contribution in [2.24, 2.45) is 0 Å². The summed E-state index contributed by atoms with van der Waals surface area (Å²) in [5.74, 6) is 0.532. The number of fused-ring (bicyclic) bond motifs is 3. The Hall–Kier alpha value is -2.37. The number of nitrogen functional groups attached to an aromatic ring is 1. The first kappa shape index (κ1) is 12.7. The van der Waals surface area contributed by atoms with Crippen molar-refractivity contribution in [1.82, 2.24) is 19.8 Å². The van der Waals surface area contributed by atoms with E-state index >= 15 is 0 Å². The van der Waals surface area contributed by atoms with Crippen LogP contribution in [0.15, 0.2) is 18.2 Å². The highest BCUT2D eigenvalue weighted by Gasteiger charge is 2.20. The largest absolute Gasteiger partial charge is 0.492 e. The van der Waals surface area contributed by atoms with Gasteiger partial charge in [0.2, 0.25) is 0 Å². The van der Waals surface area contributed by atoms with Crippen LogP contribution in [0.5, 0.6) is 5.75 Å². The van der Waals surface area contributed by atoms with E-state index in [2.05, 4.69) is 36.1 Å². The van der Waals surface area contributed by atoms with Gasteiger partial charge in [-0.05, 0) is 12.1 Å². The van der Waals surface area contributed by atoms with Gasteiger partial charge in [0.25, 0.3) is 0 Å². The number of hydrogen-bond donors (Lipinski definition) is 1. The summed E-state index contributed by atoms with van der Waals surface area (Å²) in [7, 11) is 1.57. The zero-order chi connectivity index (χ0) is 14.5. The minimum atomic E-state index is -0.0437. The van der Waals surface area contributed by atoms with Crippen molar-refractivity contribution in [2.75, 3.05) is 12.8 Å². The van der Waals surface area contributed by atoms with Gasteiger partial charge in [0.15, 0.2) is 16.9 Å². The maximum absolute atomic E-state index is 5.89. The average Bonchev–Trinajstić information content (AvgIpc) is 2.82. The Morgan fingerprint density at radius 3 is 2.60 bits per heavy atom. The summed E-state index contributed by atoms with van der Waals surface area (Å²) in [6.45, 7) is 6.34. The first-order valence-corrected chi connectivity index (χ1v) is 6.41. The summed E-state index contributed by atoms with van der Waals surface area (Å²) in [5, 5.41) is 13.1. The van der Waals surface area contributed by atoms with Crippen LogP contribution in [0.2, 0.25) is 0 Å². The normalized spacial score (nSPS) is 12.2. The summed E-state index contributed by atoms with van der Waals surface area (Å²) >= 11 is 0. The third-order valence-corrected chi connectivity index (χ3v) is 3.28. The molecule has 6 nitrogen and oxygen atoms in total. The number of anilines is 1. The fourth-order valence-electron chi connectivity index (χ4n) is 2.15. The Bertz CT molecular complexity index is 801. The van der Waals surface area contributed by atoms with Gasteiger partial charge in [0, 0.05) is 11.5 Å². The molecule has 0 aliphatic rings. The molecule has 104 valence electrons. The van der Waals surface area contributed by atoms with Crippen molar-refractivity contribution in [3.05, 3.63) is 23.9 Å². The van der Waals surface area contributed by atoms with Gasteiger partial charge in [-0.3, -0.25) is 0 Å². The molecule has 6 heteroatoms. The van der Waals surface area contributed by atoms with E-state index in [1.54, 1.807) is 17.7 Å². The van der Waals surface area contributed by atoms with Gasteiger partial charge in [-0.2, -0.15) is 5.10 Å². The molecule has 20 heavy (non-hydrogen) atoms. The highest BCUT2D eigenvalue weighted by atomic mass is 16.5. The Morgan fingerprint density at radius 1 is 1.20 bits per heavy atom. The zero-order valence-corrected chi connectivity index (χ0v) is 12.0. The van der Waals surface area contributed by atoms with Crippen LogP contribution in [0.4, 0.5) is 5.69 Å². The number of nitrogens with zero attached hydrogens (tertiary/aromatic N) is 4. The molecule has 1 aromatic carbocycles. The molecule has 2 N–H and O–H groups in total. The van der Waals surface area contributed by atoms with Crippen molar-refractivity contribution in [2.45, 2.75) is 26.2 Å². The lowest BCUT2D eigenvalue weighted by Gasteiger charge is -2.13. The molecule has 0 atom stereocenters. The SMILES string of the molecule is COc1c(N)ccc2c1nnc1cc(C(C)(C)C)nn12. The highest BCUT2D eigenvalue weighted by molar-refractivity contribution is 5.87. The molecule has 0 fully saturated rings. The minimum absolute atomic E-state index is 0.0437. The summed E-state index contributed by atoms with van der Waals surface area (Å²) in [6.07, 6.45) is 0. The second-order valence-corrected chi connectivity index (χ2v) is 5.81. The van der Waals surface area contributed by atoms with Gasteiger partial charge in [-0.25, -0.2) is 4.52 Å². The van der Waals surface area contributed by atoms with E-state index in [0.29, 0.717) is 22.6 Å². The number of ether oxygens (including phenoxy) is 1. The fraction of sp³-hybridized carbons (Fsp3) is 0.357. The van der Waals surface area contributed by atoms with Crippen molar-refractivity contribution >= 4 is 22.4 Å². The van der Waals surface area contributed by atoms with Crippen LogP contribution in [-0.2, 0) is 5.41 Å². The number of rotatable bonds is 1. The topological polar surface area (TPSA) is 78.3 Å². The molecule has 0 aliphatic carbocycles. The maximum Gasteiger partial charge on any atom is 0.178 e. The summed E-state index contributed by atoms with van der Waals surface area (Å²) in [4.78, 5) is 0. The van der Waals surface area contributed by atoms with Gasteiger partial charge in [-0.1, -0.05) is 20.8 Å². The summed E-state index contributed by atoms with van der Waals surface area (Å²) < 4.78 is 7.10. The number of aromatic nitrogens is 4. The molecule has 2 heterocycles. The van der Waals surface area contributed by atoms with Gasteiger partial charge in [-0.15, -0.1) is 10.2 Å². The third-order valence-electron chi connectivity index (χ3n) is 3.28. The Morgan fingerprint density at radius 2 is 1.95 bits per heavy atom. The molecular weight excluding hydrogens is 254 g/mol. The van der Waals surface area contributed by atoms with Crippen molar-refractivity contribution in [1.29, 1.82) is 0 Å². The lowest BCUT2D eigenvalue weighted by Crippen LogP contribution is -2.11. The van der Waals surface area contributed by atoms with Gasteiger partial charge >= 0.3 is 0 Å². The molecule has 2 aromatic heterocycles. The standard InChI is InChI=1S/C14H17N5O/c1-14(2,3)10-7-11-16-17-12-9(19(11)18-10)6-5-8(15)13(12)20-4/h5-7H,15H2,1-4H3. The third kappa shape index (κ3) is 1.76. The number of methoxy groups -OCH3 is 1. The van der Waals surface area contributed by atoms with Gasteiger partial charge in [0.05, 0.1) is 24.0 Å². The fourth-order valence-corrected chi connectivity index (χ4v) is 2.15. The Kier molecular flexibility index (Phi) is 2.57. The van der Waals surface area contributed by atoms with E-state index in [0.717, 1.165) is 11.2 Å². The smallest absolute Gasteiger partial charge is 0.178 e. The molecule has 0 unspecified atom stereocenters. The number of nitrogens with two attached hydrogens (primary N) is 1. The van der Waals surface area contributed by atoms with E-state index in [-0.39, 0.29) is 5.41 Å². The molecule has 0 radical (unpaired) electrons. The molecule has 3 aromatic rings. The lowest BCUT2D eigenvalue weighted by molar-refractivity contribution is 0.420. The second kappa shape index (κ2) is 4.06. The van der Waals surface area contributed by atoms with E-state index < -0.39 is 0 Å². The van der Waals surface area contributed by atoms with Crippen molar-refractivity contribution in [3.63, 3.8) is 0 Å². The lowest BCUT2D eigenvalue weighted by atomic mass is 9.93. The predicted molar refractivity (Wildman–Crippen MR) is 78.0 cm³/mol. The predicted octanol–water partition coefficient (Wildman–Crippen LogP) is 2.17. The Balaban J connectivity index is 2.39. The molecule has 0 spiro atoms. The van der Waals surface area contributed by atoms with Crippen LogP contribution in [0.1, 0.15) is 26.5 Å².